The van der Waals surface area contributed by atoms with Gasteiger partial charge >= 0.3 is 0 Å². The van der Waals surface area contributed by atoms with E-state index < -0.39 is 0 Å². The largest absolute Gasteiger partial charge is 0.464 e. The highest BCUT2D eigenvalue weighted by Gasteiger charge is 2.18. The van der Waals surface area contributed by atoms with Gasteiger partial charge in [0.1, 0.15) is 22.8 Å². The monoisotopic (exact) mass is 341 g/mol. The summed E-state index contributed by atoms with van der Waals surface area (Å²) in [6.07, 6.45) is 5.23. The Balaban J connectivity index is 1.71. The van der Waals surface area contributed by atoms with Crippen LogP contribution in [-0.4, -0.2) is 24.7 Å². The molecule has 0 fully saturated rings. The molecule has 0 saturated heterocycles. The summed E-state index contributed by atoms with van der Waals surface area (Å²) in [6.45, 7) is 0. The zero-order chi connectivity index (χ0) is 17.5. The fourth-order valence-corrected chi connectivity index (χ4v) is 3.18. The van der Waals surface area contributed by atoms with Gasteiger partial charge in [0.05, 0.1) is 6.26 Å². The van der Waals surface area contributed by atoms with Gasteiger partial charge in [-0.2, -0.15) is 5.10 Å². The number of hydrogen-bond acceptors (Lipinski definition) is 4. The number of aromatic nitrogens is 5. The maximum absolute atomic E-state index is 5.59. The highest BCUT2D eigenvalue weighted by atomic mass is 16.3. The highest BCUT2D eigenvalue weighted by molar-refractivity contribution is 5.91. The van der Waals surface area contributed by atoms with Crippen molar-refractivity contribution < 1.29 is 4.42 Å². The maximum atomic E-state index is 5.59. The molecule has 0 aliphatic carbocycles. The van der Waals surface area contributed by atoms with Crippen molar-refractivity contribution in [2.24, 2.45) is 7.05 Å². The lowest BCUT2D eigenvalue weighted by molar-refractivity contribution is 0.582. The number of fused-ring (bicyclic) bond motifs is 1. The minimum absolute atomic E-state index is 0.783. The highest BCUT2D eigenvalue weighted by Crippen LogP contribution is 2.33. The number of imidazole rings is 1. The van der Waals surface area contributed by atoms with Crippen LogP contribution in [0.3, 0.4) is 0 Å². The Morgan fingerprint density at radius 3 is 2.65 bits per heavy atom. The predicted octanol–water partition coefficient (Wildman–Crippen LogP) is 4.29. The van der Waals surface area contributed by atoms with E-state index in [1.807, 2.05) is 55.6 Å². The molecule has 0 saturated carbocycles. The topological polar surface area (TPSA) is 72.5 Å². The summed E-state index contributed by atoms with van der Waals surface area (Å²) < 4.78 is 7.37. The zero-order valence-electron chi connectivity index (χ0n) is 14.0. The van der Waals surface area contributed by atoms with Gasteiger partial charge in [-0.15, -0.1) is 0 Å². The molecule has 26 heavy (non-hydrogen) atoms. The molecule has 4 heterocycles. The molecular weight excluding hydrogens is 326 g/mol. The molecule has 0 aliphatic heterocycles. The van der Waals surface area contributed by atoms with Crippen LogP contribution in [0.25, 0.3) is 45.1 Å². The minimum Gasteiger partial charge on any atom is -0.464 e. The fourth-order valence-electron chi connectivity index (χ4n) is 3.18. The van der Waals surface area contributed by atoms with E-state index in [1.54, 1.807) is 23.3 Å². The first-order valence-corrected chi connectivity index (χ1v) is 8.27. The van der Waals surface area contributed by atoms with Gasteiger partial charge in [-0.25, -0.2) is 9.67 Å². The number of benzene rings is 1. The van der Waals surface area contributed by atoms with Crippen molar-refractivity contribution in [1.82, 2.24) is 24.7 Å². The Morgan fingerprint density at radius 1 is 1.00 bits per heavy atom. The van der Waals surface area contributed by atoms with Crippen LogP contribution in [0.15, 0.2) is 71.6 Å². The molecule has 0 unspecified atom stereocenters. The van der Waals surface area contributed by atoms with Crippen molar-refractivity contribution in [3.05, 3.63) is 67.2 Å². The van der Waals surface area contributed by atoms with E-state index in [2.05, 4.69) is 15.1 Å². The number of nitrogens with zero attached hydrogens (tertiary/aromatic N) is 4. The first-order chi connectivity index (χ1) is 12.8. The van der Waals surface area contributed by atoms with Crippen molar-refractivity contribution in [3.63, 3.8) is 0 Å². The van der Waals surface area contributed by atoms with E-state index >= 15 is 0 Å². The van der Waals surface area contributed by atoms with Crippen LogP contribution in [0.2, 0.25) is 0 Å². The first-order valence-electron chi connectivity index (χ1n) is 8.27. The van der Waals surface area contributed by atoms with Crippen LogP contribution in [0, 0.1) is 0 Å². The molecule has 0 spiro atoms. The molecule has 0 radical (unpaired) electrons. The second kappa shape index (κ2) is 5.70. The average Bonchev–Trinajstić information content (AvgIpc) is 3.41. The van der Waals surface area contributed by atoms with E-state index in [0.717, 1.165) is 45.1 Å². The molecule has 1 N–H and O–H groups in total. The van der Waals surface area contributed by atoms with Crippen molar-refractivity contribution >= 4 is 11.2 Å². The molecule has 0 atom stereocenters. The normalized spacial score (nSPS) is 11.3. The molecular formula is C20H15N5O. The molecule has 5 rings (SSSR count). The van der Waals surface area contributed by atoms with Crippen molar-refractivity contribution in [3.8, 4) is 34.0 Å². The van der Waals surface area contributed by atoms with Crippen molar-refractivity contribution in [2.45, 2.75) is 0 Å². The third kappa shape index (κ3) is 2.23. The van der Waals surface area contributed by atoms with Crippen LogP contribution in [0.4, 0.5) is 0 Å². The van der Waals surface area contributed by atoms with Gasteiger partial charge in [0.15, 0.2) is 5.65 Å². The predicted molar refractivity (Wildman–Crippen MR) is 99.2 cm³/mol. The summed E-state index contributed by atoms with van der Waals surface area (Å²) in [4.78, 5) is 12.4. The van der Waals surface area contributed by atoms with Gasteiger partial charge < -0.3 is 9.40 Å². The molecule has 6 nitrogen and oxygen atoms in total. The Hall–Kier alpha value is -3.67. The summed E-state index contributed by atoms with van der Waals surface area (Å²) in [5.74, 6) is 1.59. The van der Waals surface area contributed by atoms with Gasteiger partial charge in [-0.05, 0) is 24.3 Å². The molecule has 1 aromatic carbocycles. The van der Waals surface area contributed by atoms with E-state index in [1.165, 1.54) is 0 Å². The lowest BCUT2D eigenvalue weighted by Crippen LogP contribution is -1.93. The van der Waals surface area contributed by atoms with Crippen molar-refractivity contribution in [1.29, 1.82) is 0 Å². The molecule has 0 aliphatic rings. The Labute approximate surface area is 149 Å². The van der Waals surface area contributed by atoms with Crippen molar-refractivity contribution in [2.75, 3.05) is 0 Å². The van der Waals surface area contributed by atoms with Crippen LogP contribution in [-0.2, 0) is 7.05 Å². The number of H-pyrrole nitrogens is 1. The number of rotatable bonds is 3. The number of furan rings is 1. The van der Waals surface area contributed by atoms with E-state index in [0.29, 0.717) is 0 Å². The number of nitrogens with one attached hydrogen (secondary N) is 1. The van der Waals surface area contributed by atoms with E-state index in [4.69, 9.17) is 9.40 Å². The molecule has 4 aromatic heterocycles. The molecule has 6 heteroatoms. The van der Waals surface area contributed by atoms with Gasteiger partial charge in [-0.1, -0.05) is 24.3 Å². The third-order valence-corrected chi connectivity index (χ3v) is 4.38. The second-order valence-electron chi connectivity index (χ2n) is 6.02. The SMILES string of the molecule is Cn1nc(-c2cccnc2)c2[nH]c(-c3ccccc3-c3ccco3)nc21. The van der Waals surface area contributed by atoms with Crippen LogP contribution in [0.5, 0.6) is 0 Å². The number of pyridine rings is 1. The first kappa shape index (κ1) is 14.7. The standard InChI is InChI=1S/C20H15N5O/c1-25-20-18(17(24-25)13-6-4-10-21-12-13)22-19(23-20)15-8-3-2-7-14(15)16-9-5-11-26-16/h2-12H,1H3,(H,22,23). The van der Waals surface area contributed by atoms with Gasteiger partial charge in [-0.3, -0.25) is 4.98 Å². The summed E-state index contributed by atoms with van der Waals surface area (Å²) in [7, 11) is 1.89. The number of hydrogen-bond donors (Lipinski definition) is 1. The summed E-state index contributed by atoms with van der Waals surface area (Å²) >= 11 is 0. The summed E-state index contributed by atoms with van der Waals surface area (Å²) in [5.41, 5.74) is 5.46. The quantitative estimate of drug-likeness (QED) is 0.531. The van der Waals surface area contributed by atoms with Gasteiger partial charge in [0.2, 0.25) is 0 Å². The summed E-state index contributed by atoms with van der Waals surface area (Å²) in [5, 5.41) is 4.59. The fraction of sp³-hybridized carbons (Fsp3) is 0.0500. The van der Waals surface area contributed by atoms with Crippen LogP contribution >= 0.6 is 0 Å². The molecule has 5 aromatic rings. The molecule has 0 amide bonds. The molecule has 0 bridgehead atoms. The number of aryl methyl sites for hydroxylation is 1. The van der Waals surface area contributed by atoms with Gasteiger partial charge in [0, 0.05) is 36.1 Å². The third-order valence-electron chi connectivity index (χ3n) is 4.38. The molecule has 126 valence electrons. The smallest absolute Gasteiger partial charge is 0.177 e. The van der Waals surface area contributed by atoms with Crippen LogP contribution in [0.1, 0.15) is 0 Å². The lowest BCUT2D eigenvalue weighted by Gasteiger charge is -2.04. The maximum Gasteiger partial charge on any atom is 0.177 e. The lowest BCUT2D eigenvalue weighted by atomic mass is 10.1. The average molecular weight is 341 g/mol. The van der Waals surface area contributed by atoms with E-state index in [9.17, 15) is 0 Å². The Morgan fingerprint density at radius 2 is 1.88 bits per heavy atom. The number of aromatic amines is 1. The summed E-state index contributed by atoms with van der Waals surface area (Å²) in [6, 6.07) is 15.8. The van der Waals surface area contributed by atoms with Gasteiger partial charge in [0.25, 0.3) is 0 Å². The Bertz CT molecular complexity index is 1190. The Kier molecular flexibility index (Phi) is 3.21. The zero-order valence-corrected chi connectivity index (χ0v) is 14.0. The van der Waals surface area contributed by atoms with Crippen LogP contribution < -0.4 is 0 Å². The van der Waals surface area contributed by atoms with E-state index in [-0.39, 0.29) is 0 Å². The minimum atomic E-state index is 0.783. The second-order valence-corrected chi connectivity index (χ2v) is 6.02.